The standard InChI is InChI=1S/C21H23NO4/c1-12(2)4-9-15-17(23)11-19(25)20-18(24)10-16(22-21(15)20)13-5-7-14(26-3)8-6-13/h4-8,11,16,22-23,25H,9-10H2,1-3H3. The summed E-state index contributed by atoms with van der Waals surface area (Å²) in [6, 6.07) is 8.54. The third-order valence-corrected chi connectivity index (χ3v) is 4.61. The molecule has 0 saturated heterocycles. The highest BCUT2D eigenvalue weighted by Crippen LogP contribution is 2.43. The molecule has 0 saturated carbocycles. The second kappa shape index (κ2) is 7.12. The molecule has 0 spiro atoms. The Morgan fingerprint density at radius 1 is 1.23 bits per heavy atom. The average molecular weight is 353 g/mol. The first kappa shape index (κ1) is 17.9. The Kier molecular flexibility index (Phi) is 4.89. The maximum absolute atomic E-state index is 12.7. The van der Waals surface area contributed by atoms with E-state index in [2.05, 4.69) is 5.32 Å². The van der Waals surface area contributed by atoms with Crippen LogP contribution in [0.4, 0.5) is 5.69 Å². The molecular formula is C21H23NO4. The number of ketones is 1. The highest BCUT2D eigenvalue weighted by Gasteiger charge is 2.31. The van der Waals surface area contributed by atoms with Crippen molar-refractivity contribution in [2.45, 2.75) is 32.7 Å². The van der Waals surface area contributed by atoms with Gasteiger partial charge in [0.25, 0.3) is 0 Å². The van der Waals surface area contributed by atoms with Gasteiger partial charge >= 0.3 is 0 Å². The highest BCUT2D eigenvalue weighted by molar-refractivity contribution is 6.07. The summed E-state index contributed by atoms with van der Waals surface area (Å²) in [7, 11) is 1.61. The zero-order chi connectivity index (χ0) is 18.8. The van der Waals surface area contributed by atoms with E-state index >= 15 is 0 Å². The predicted octanol–water partition coefficient (Wildman–Crippen LogP) is 4.35. The number of phenolic OH excluding ortho intramolecular Hbond substituents is 2. The van der Waals surface area contributed by atoms with Crippen LogP contribution in [0, 0.1) is 0 Å². The molecule has 3 rings (SSSR count). The predicted molar refractivity (Wildman–Crippen MR) is 101 cm³/mol. The summed E-state index contributed by atoms with van der Waals surface area (Å²) in [5, 5.41) is 23.8. The monoisotopic (exact) mass is 353 g/mol. The largest absolute Gasteiger partial charge is 0.507 e. The molecule has 5 nitrogen and oxygen atoms in total. The summed E-state index contributed by atoms with van der Waals surface area (Å²) in [6.45, 7) is 3.95. The Labute approximate surface area is 152 Å². The summed E-state index contributed by atoms with van der Waals surface area (Å²) in [4.78, 5) is 12.7. The lowest BCUT2D eigenvalue weighted by Crippen LogP contribution is -2.24. The SMILES string of the molecule is COc1ccc(C2CC(=O)c3c(O)cc(O)c(CC=C(C)C)c3N2)cc1. The van der Waals surface area contributed by atoms with E-state index in [0.29, 0.717) is 17.7 Å². The van der Waals surface area contributed by atoms with E-state index in [4.69, 9.17) is 4.74 Å². The number of nitrogens with one attached hydrogen (secondary N) is 1. The van der Waals surface area contributed by atoms with Crippen molar-refractivity contribution in [1.82, 2.24) is 0 Å². The number of Topliss-reactive ketones (excluding diaryl/α,β-unsaturated/α-hetero) is 1. The maximum atomic E-state index is 12.7. The second-order valence-electron chi connectivity index (χ2n) is 6.73. The van der Waals surface area contributed by atoms with Gasteiger partial charge in [-0.15, -0.1) is 0 Å². The van der Waals surface area contributed by atoms with Gasteiger partial charge in [-0.2, -0.15) is 0 Å². The Morgan fingerprint density at radius 3 is 2.54 bits per heavy atom. The van der Waals surface area contributed by atoms with Crippen LogP contribution in [0.2, 0.25) is 0 Å². The molecule has 1 aliphatic rings. The number of carbonyl (C=O) groups is 1. The van der Waals surface area contributed by atoms with Crippen molar-refractivity contribution in [3.63, 3.8) is 0 Å². The molecule has 1 heterocycles. The molecule has 2 aromatic carbocycles. The highest BCUT2D eigenvalue weighted by atomic mass is 16.5. The molecule has 3 N–H and O–H groups in total. The minimum atomic E-state index is -0.229. The van der Waals surface area contributed by atoms with E-state index in [9.17, 15) is 15.0 Å². The average Bonchev–Trinajstić information content (AvgIpc) is 2.60. The fourth-order valence-electron chi connectivity index (χ4n) is 3.20. The Balaban J connectivity index is 2.03. The van der Waals surface area contributed by atoms with E-state index in [1.807, 2.05) is 44.2 Å². The molecule has 136 valence electrons. The van der Waals surface area contributed by atoms with Crippen molar-refractivity contribution in [3.8, 4) is 17.2 Å². The van der Waals surface area contributed by atoms with Gasteiger partial charge in [-0.1, -0.05) is 23.8 Å². The fraction of sp³-hybridized carbons (Fsp3) is 0.286. The van der Waals surface area contributed by atoms with Crippen LogP contribution in [-0.4, -0.2) is 23.1 Å². The third kappa shape index (κ3) is 3.38. The normalized spacial score (nSPS) is 15.8. The Bertz CT molecular complexity index is 865. The van der Waals surface area contributed by atoms with Gasteiger partial charge in [0.15, 0.2) is 5.78 Å². The van der Waals surface area contributed by atoms with E-state index < -0.39 is 0 Å². The lowest BCUT2D eigenvalue weighted by Gasteiger charge is -2.29. The molecular weight excluding hydrogens is 330 g/mol. The fourth-order valence-corrected chi connectivity index (χ4v) is 3.20. The van der Waals surface area contributed by atoms with Crippen LogP contribution in [0.5, 0.6) is 17.2 Å². The first-order valence-corrected chi connectivity index (χ1v) is 8.55. The van der Waals surface area contributed by atoms with Crippen molar-refractivity contribution in [1.29, 1.82) is 0 Å². The number of benzene rings is 2. The van der Waals surface area contributed by atoms with Crippen LogP contribution in [0.3, 0.4) is 0 Å². The molecule has 2 aromatic rings. The molecule has 0 aliphatic carbocycles. The van der Waals surface area contributed by atoms with Gasteiger partial charge in [-0.25, -0.2) is 0 Å². The van der Waals surface area contributed by atoms with Crippen LogP contribution in [0.1, 0.15) is 47.8 Å². The van der Waals surface area contributed by atoms with Gasteiger partial charge in [0, 0.05) is 18.1 Å². The van der Waals surface area contributed by atoms with E-state index in [-0.39, 0.29) is 35.3 Å². The Morgan fingerprint density at radius 2 is 1.92 bits per heavy atom. The number of carbonyl (C=O) groups excluding carboxylic acids is 1. The van der Waals surface area contributed by atoms with E-state index in [0.717, 1.165) is 16.9 Å². The van der Waals surface area contributed by atoms with Crippen molar-refractivity contribution in [2.24, 2.45) is 0 Å². The number of phenols is 2. The zero-order valence-corrected chi connectivity index (χ0v) is 15.2. The third-order valence-electron chi connectivity index (χ3n) is 4.61. The molecule has 26 heavy (non-hydrogen) atoms. The van der Waals surface area contributed by atoms with Gasteiger partial charge in [0.1, 0.15) is 17.2 Å². The van der Waals surface area contributed by atoms with Crippen LogP contribution in [-0.2, 0) is 6.42 Å². The van der Waals surface area contributed by atoms with Gasteiger partial charge in [-0.05, 0) is 38.0 Å². The quantitative estimate of drug-likeness (QED) is 0.712. The van der Waals surface area contributed by atoms with Crippen molar-refractivity contribution >= 4 is 11.5 Å². The molecule has 1 atom stereocenters. The minimum Gasteiger partial charge on any atom is -0.507 e. The van der Waals surface area contributed by atoms with Crippen molar-refractivity contribution in [3.05, 3.63) is 58.7 Å². The van der Waals surface area contributed by atoms with Gasteiger partial charge < -0.3 is 20.3 Å². The number of fused-ring (bicyclic) bond motifs is 1. The topological polar surface area (TPSA) is 78.8 Å². The molecule has 0 fully saturated rings. The smallest absolute Gasteiger partial charge is 0.171 e. The second-order valence-corrected chi connectivity index (χ2v) is 6.73. The first-order chi connectivity index (χ1) is 12.4. The molecule has 0 amide bonds. The lowest BCUT2D eigenvalue weighted by atomic mass is 9.88. The van der Waals surface area contributed by atoms with Gasteiger partial charge in [-0.3, -0.25) is 4.79 Å². The first-order valence-electron chi connectivity index (χ1n) is 8.55. The summed E-state index contributed by atoms with van der Waals surface area (Å²) in [6.07, 6.45) is 2.70. The molecule has 1 aliphatic heterocycles. The van der Waals surface area contributed by atoms with Crippen LogP contribution >= 0.6 is 0 Å². The van der Waals surface area contributed by atoms with Crippen molar-refractivity contribution in [2.75, 3.05) is 12.4 Å². The number of hydrogen-bond donors (Lipinski definition) is 3. The van der Waals surface area contributed by atoms with E-state index in [1.54, 1.807) is 7.11 Å². The number of ether oxygens (including phenoxy) is 1. The minimum absolute atomic E-state index is 0.0190. The van der Waals surface area contributed by atoms with Crippen molar-refractivity contribution < 1.29 is 19.7 Å². The number of anilines is 1. The van der Waals surface area contributed by atoms with Crippen LogP contribution in [0.25, 0.3) is 0 Å². The molecule has 0 aromatic heterocycles. The summed E-state index contributed by atoms with van der Waals surface area (Å²) >= 11 is 0. The zero-order valence-electron chi connectivity index (χ0n) is 15.2. The number of hydrogen-bond acceptors (Lipinski definition) is 5. The lowest BCUT2D eigenvalue weighted by molar-refractivity contribution is 0.0969. The molecule has 1 unspecified atom stereocenters. The Hall–Kier alpha value is -2.95. The van der Waals surface area contributed by atoms with Crippen LogP contribution in [0.15, 0.2) is 42.0 Å². The van der Waals surface area contributed by atoms with E-state index in [1.165, 1.54) is 6.07 Å². The summed E-state index contributed by atoms with van der Waals surface area (Å²) in [5.41, 5.74) is 3.44. The maximum Gasteiger partial charge on any atom is 0.171 e. The summed E-state index contributed by atoms with van der Waals surface area (Å²) in [5.74, 6) is 0.393. The molecule has 5 heteroatoms. The number of aromatic hydroxyl groups is 2. The number of allylic oxidation sites excluding steroid dienone is 2. The number of methoxy groups -OCH3 is 1. The number of rotatable bonds is 4. The molecule has 0 radical (unpaired) electrons. The summed E-state index contributed by atoms with van der Waals surface area (Å²) < 4.78 is 5.18. The van der Waals surface area contributed by atoms with Gasteiger partial charge in [0.2, 0.25) is 0 Å². The van der Waals surface area contributed by atoms with Crippen LogP contribution < -0.4 is 10.1 Å². The molecule has 0 bridgehead atoms. The van der Waals surface area contributed by atoms with Gasteiger partial charge in [0.05, 0.1) is 24.4 Å².